The van der Waals surface area contributed by atoms with E-state index in [1.807, 2.05) is 18.2 Å². The molecule has 1 unspecified atom stereocenters. The molecule has 80 valence electrons. The summed E-state index contributed by atoms with van der Waals surface area (Å²) in [6, 6.07) is 8.38. The standard InChI is InChI=1S/C11H13NO3/c1-9(8-13)12(11(14)15)7-10-5-3-2-4-6-10/h2-6,8-9H,7H2,1H3,(H,14,15)/p-1. The first-order valence-electron chi connectivity index (χ1n) is 4.62. The number of amides is 1. The van der Waals surface area contributed by atoms with Gasteiger partial charge in [0, 0.05) is 6.54 Å². The quantitative estimate of drug-likeness (QED) is 0.671. The van der Waals surface area contributed by atoms with Crippen LogP contribution >= 0.6 is 0 Å². The number of carbonyl (C=O) groups excluding carboxylic acids is 2. The molecule has 0 saturated heterocycles. The third kappa shape index (κ3) is 3.09. The lowest BCUT2D eigenvalue weighted by atomic mass is 10.2. The van der Waals surface area contributed by atoms with E-state index in [-0.39, 0.29) is 6.54 Å². The summed E-state index contributed by atoms with van der Waals surface area (Å²) in [6.45, 7) is 1.69. The van der Waals surface area contributed by atoms with Crippen molar-refractivity contribution >= 4 is 12.4 Å². The Morgan fingerprint density at radius 2 is 2.07 bits per heavy atom. The monoisotopic (exact) mass is 206 g/mol. The molecule has 0 spiro atoms. The Kier molecular flexibility index (Phi) is 3.85. The average molecular weight is 206 g/mol. The van der Waals surface area contributed by atoms with Gasteiger partial charge in [0.1, 0.15) is 12.4 Å². The van der Waals surface area contributed by atoms with Crippen LogP contribution in [0, 0.1) is 0 Å². The van der Waals surface area contributed by atoms with E-state index in [9.17, 15) is 14.7 Å². The number of carboxylic acid groups (broad SMARTS) is 1. The number of aldehydes is 1. The molecule has 1 rings (SSSR count). The number of rotatable bonds is 4. The smallest absolute Gasteiger partial charge is 0.142 e. The molecule has 0 aliphatic rings. The number of carbonyl (C=O) groups is 2. The molecule has 0 N–H and O–H groups in total. The van der Waals surface area contributed by atoms with Crippen molar-refractivity contribution < 1.29 is 14.7 Å². The van der Waals surface area contributed by atoms with E-state index in [0.717, 1.165) is 10.5 Å². The summed E-state index contributed by atoms with van der Waals surface area (Å²) >= 11 is 0. The third-order valence-corrected chi connectivity index (χ3v) is 2.12. The highest BCUT2D eigenvalue weighted by atomic mass is 16.4. The van der Waals surface area contributed by atoms with E-state index in [0.29, 0.717) is 6.29 Å². The predicted octanol–water partition coefficient (Wildman–Crippen LogP) is 0.419. The van der Waals surface area contributed by atoms with Gasteiger partial charge >= 0.3 is 0 Å². The summed E-state index contributed by atoms with van der Waals surface area (Å²) in [6.07, 6.45) is -0.753. The highest BCUT2D eigenvalue weighted by Gasteiger charge is 2.12. The van der Waals surface area contributed by atoms with Crippen molar-refractivity contribution in [3.05, 3.63) is 35.9 Å². The molecule has 1 aromatic carbocycles. The number of nitrogens with zero attached hydrogens (tertiary/aromatic N) is 1. The Labute approximate surface area is 88.1 Å². The van der Waals surface area contributed by atoms with Gasteiger partial charge in [-0.1, -0.05) is 30.3 Å². The van der Waals surface area contributed by atoms with E-state index in [1.165, 1.54) is 6.92 Å². The maximum absolute atomic E-state index is 10.8. The van der Waals surface area contributed by atoms with Crippen LogP contribution in [0.15, 0.2) is 30.3 Å². The molecular weight excluding hydrogens is 194 g/mol. The van der Waals surface area contributed by atoms with Crippen molar-refractivity contribution in [1.29, 1.82) is 0 Å². The highest BCUT2D eigenvalue weighted by molar-refractivity contribution is 5.69. The molecule has 0 heterocycles. The van der Waals surface area contributed by atoms with Crippen LogP contribution in [0.4, 0.5) is 4.79 Å². The summed E-state index contributed by atoms with van der Waals surface area (Å²) in [5, 5.41) is 10.8. The molecular formula is C11H12NO3-. The van der Waals surface area contributed by atoms with Crippen LogP contribution < -0.4 is 5.11 Å². The molecule has 4 nitrogen and oxygen atoms in total. The third-order valence-electron chi connectivity index (χ3n) is 2.12. The van der Waals surface area contributed by atoms with E-state index in [1.54, 1.807) is 12.1 Å². The van der Waals surface area contributed by atoms with E-state index < -0.39 is 12.1 Å². The van der Waals surface area contributed by atoms with Crippen molar-refractivity contribution in [1.82, 2.24) is 4.90 Å². The van der Waals surface area contributed by atoms with Gasteiger partial charge in [-0.15, -0.1) is 0 Å². The van der Waals surface area contributed by atoms with Crippen LogP contribution in [0.25, 0.3) is 0 Å². The molecule has 1 aromatic rings. The van der Waals surface area contributed by atoms with Crippen molar-refractivity contribution in [2.24, 2.45) is 0 Å². The SMILES string of the molecule is CC(C=O)N(Cc1ccccc1)C(=O)[O-]. The van der Waals surface area contributed by atoms with Gasteiger partial charge in [-0.3, -0.25) is 0 Å². The lowest BCUT2D eigenvalue weighted by molar-refractivity contribution is -0.267. The van der Waals surface area contributed by atoms with Gasteiger partial charge in [-0.05, 0) is 12.5 Å². The molecule has 0 aromatic heterocycles. The van der Waals surface area contributed by atoms with Gasteiger partial charge in [-0.2, -0.15) is 0 Å². The van der Waals surface area contributed by atoms with Crippen molar-refractivity contribution in [3.63, 3.8) is 0 Å². The lowest BCUT2D eigenvalue weighted by Gasteiger charge is -2.28. The fraction of sp³-hybridized carbons (Fsp3) is 0.273. The first-order chi connectivity index (χ1) is 7.15. The molecule has 0 fully saturated rings. The van der Waals surface area contributed by atoms with Gasteiger partial charge in [0.15, 0.2) is 0 Å². The Bertz CT molecular complexity index is 337. The van der Waals surface area contributed by atoms with Crippen molar-refractivity contribution in [3.8, 4) is 0 Å². The molecule has 4 heteroatoms. The minimum Gasteiger partial charge on any atom is -0.530 e. The second-order valence-corrected chi connectivity index (χ2v) is 3.26. The summed E-state index contributed by atoms with van der Waals surface area (Å²) < 4.78 is 0. The largest absolute Gasteiger partial charge is 0.530 e. The number of benzene rings is 1. The second kappa shape index (κ2) is 5.14. The normalized spacial score (nSPS) is 11.8. The molecule has 0 saturated carbocycles. The first kappa shape index (κ1) is 11.2. The molecule has 0 aliphatic carbocycles. The zero-order valence-electron chi connectivity index (χ0n) is 8.42. The second-order valence-electron chi connectivity index (χ2n) is 3.26. The van der Waals surface area contributed by atoms with Crippen LogP contribution in [-0.4, -0.2) is 23.3 Å². The summed E-state index contributed by atoms with van der Waals surface area (Å²) in [5.41, 5.74) is 0.829. The predicted molar refractivity (Wildman–Crippen MR) is 52.9 cm³/mol. The van der Waals surface area contributed by atoms with Gasteiger partial charge in [0.05, 0.1) is 6.04 Å². The molecule has 15 heavy (non-hydrogen) atoms. The van der Waals surface area contributed by atoms with Crippen LogP contribution in [0.2, 0.25) is 0 Å². The van der Waals surface area contributed by atoms with Gasteiger partial charge in [0.25, 0.3) is 0 Å². The van der Waals surface area contributed by atoms with Crippen molar-refractivity contribution in [2.45, 2.75) is 19.5 Å². The average Bonchev–Trinajstić information content (AvgIpc) is 2.26. The maximum Gasteiger partial charge on any atom is 0.142 e. The lowest BCUT2D eigenvalue weighted by Crippen LogP contribution is -2.46. The first-order valence-corrected chi connectivity index (χ1v) is 4.62. The fourth-order valence-electron chi connectivity index (χ4n) is 1.23. The maximum atomic E-state index is 10.8. The minimum absolute atomic E-state index is 0.170. The summed E-state index contributed by atoms with van der Waals surface area (Å²) in [5.74, 6) is 0. The van der Waals surface area contributed by atoms with Gasteiger partial charge in [0.2, 0.25) is 0 Å². The number of hydrogen-bond donors (Lipinski definition) is 0. The highest BCUT2D eigenvalue weighted by Crippen LogP contribution is 2.06. The molecule has 1 atom stereocenters. The minimum atomic E-state index is -1.33. The summed E-state index contributed by atoms with van der Waals surface area (Å²) in [4.78, 5) is 22.3. The number of hydrogen-bond acceptors (Lipinski definition) is 3. The van der Waals surface area contributed by atoms with E-state index in [2.05, 4.69) is 0 Å². The van der Waals surface area contributed by atoms with Crippen molar-refractivity contribution in [2.75, 3.05) is 0 Å². The Morgan fingerprint density at radius 1 is 1.47 bits per heavy atom. The van der Waals surface area contributed by atoms with Crippen LogP contribution in [0.1, 0.15) is 12.5 Å². The Hall–Kier alpha value is -1.84. The van der Waals surface area contributed by atoms with Crippen LogP contribution in [0.3, 0.4) is 0 Å². The Morgan fingerprint density at radius 3 is 2.53 bits per heavy atom. The molecule has 0 radical (unpaired) electrons. The zero-order chi connectivity index (χ0) is 11.3. The molecule has 1 amide bonds. The topological polar surface area (TPSA) is 60.4 Å². The van der Waals surface area contributed by atoms with Gasteiger partial charge < -0.3 is 19.6 Å². The Balaban J connectivity index is 2.76. The fourth-order valence-corrected chi connectivity index (χ4v) is 1.23. The van der Waals surface area contributed by atoms with Crippen LogP contribution in [-0.2, 0) is 11.3 Å². The zero-order valence-corrected chi connectivity index (χ0v) is 8.42. The van der Waals surface area contributed by atoms with E-state index in [4.69, 9.17) is 0 Å². The molecule has 0 aliphatic heterocycles. The summed E-state index contributed by atoms with van der Waals surface area (Å²) in [7, 11) is 0. The van der Waals surface area contributed by atoms with E-state index >= 15 is 0 Å². The van der Waals surface area contributed by atoms with Gasteiger partial charge in [-0.25, -0.2) is 0 Å². The molecule has 0 bridgehead atoms. The van der Waals surface area contributed by atoms with Crippen LogP contribution in [0.5, 0.6) is 0 Å².